The molecule has 206 valence electrons. The van der Waals surface area contributed by atoms with Crippen molar-refractivity contribution < 1.29 is 19.1 Å². The fourth-order valence-electron chi connectivity index (χ4n) is 3.82. The number of rotatable bonds is 7. The third-order valence-electron chi connectivity index (χ3n) is 5.60. The number of carbonyl (C=O) groups is 2. The maximum Gasteiger partial charge on any atom is 0.407 e. The number of urea groups is 1. The molecule has 1 saturated heterocycles. The molecule has 3 heterocycles. The van der Waals surface area contributed by atoms with Gasteiger partial charge in [-0.1, -0.05) is 17.7 Å². The molecule has 12 heteroatoms. The van der Waals surface area contributed by atoms with Crippen LogP contribution in [0.4, 0.5) is 26.8 Å². The van der Waals surface area contributed by atoms with Gasteiger partial charge in [0.2, 0.25) is 0 Å². The predicted molar refractivity (Wildman–Crippen MR) is 150 cm³/mol. The highest BCUT2D eigenvalue weighted by atomic mass is 35.5. The van der Waals surface area contributed by atoms with E-state index in [1.54, 1.807) is 45.3 Å². The smallest absolute Gasteiger partial charge is 0.407 e. The van der Waals surface area contributed by atoms with Crippen molar-refractivity contribution in [3.63, 3.8) is 0 Å². The number of benzene rings is 1. The molecule has 1 aromatic carbocycles. The average Bonchev–Trinajstić information content (AvgIpc) is 2.89. The van der Waals surface area contributed by atoms with Crippen LogP contribution in [0.1, 0.15) is 26.5 Å². The number of amides is 3. The highest BCUT2D eigenvalue weighted by Gasteiger charge is 2.17. The first-order valence-corrected chi connectivity index (χ1v) is 13.0. The van der Waals surface area contributed by atoms with E-state index >= 15 is 0 Å². The van der Waals surface area contributed by atoms with Gasteiger partial charge in [0.1, 0.15) is 5.60 Å². The Bertz CT molecular complexity index is 1290. The van der Waals surface area contributed by atoms with E-state index in [0.29, 0.717) is 42.6 Å². The van der Waals surface area contributed by atoms with Gasteiger partial charge < -0.3 is 25.0 Å². The van der Waals surface area contributed by atoms with Gasteiger partial charge in [0.25, 0.3) is 0 Å². The van der Waals surface area contributed by atoms with E-state index in [1.165, 1.54) is 6.20 Å². The molecule has 0 atom stereocenters. The molecule has 1 aliphatic heterocycles. The number of ether oxygens (including phenoxy) is 2. The van der Waals surface area contributed by atoms with E-state index < -0.39 is 17.7 Å². The lowest BCUT2D eigenvalue weighted by atomic mass is 10.1. The van der Waals surface area contributed by atoms with Gasteiger partial charge in [-0.15, -0.1) is 0 Å². The lowest BCUT2D eigenvalue weighted by Gasteiger charge is -2.29. The molecular weight excluding hydrogens is 522 g/mol. The predicted octanol–water partition coefficient (Wildman–Crippen LogP) is 4.74. The molecule has 0 aliphatic carbocycles. The molecular formula is C27H32ClN7O4. The molecule has 0 spiro atoms. The van der Waals surface area contributed by atoms with E-state index in [-0.39, 0.29) is 5.82 Å². The summed E-state index contributed by atoms with van der Waals surface area (Å²) < 4.78 is 10.6. The SMILES string of the molecule is CC(C)(C)OC(=O)NCCc1ccc(NC(=O)Nc2cncc(-c3ccc(N4CCOCC4)c(Cl)c3)n2)cn1. The van der Waals surface area contributed by atoms with Crippen molar-refractivity contribution in [2.24, 2.45) is 0 Å². The number of hydrogen-bond donors (Lipinski definition) is 3. The topological polar surface area (TPSA) is 131 Å². The first-order valence-electron chi connectivity index (χ1n) is 12.6. The Balaban J connectivity index is 1.29. The molecule has 39 heavy (non-hydrogen) atoms. The number of pyridine rings is 1. The fraction of sp³-hybridized carbons (Fsp3) is 0.370. The van der Waals surface area contributed by atoms with E-state index in [1.807, 2.05) is 18.2 Å². The second kappa shape index (κ2) is 12.7. The minimum atomic E-state index is -0.550. The van der Waals surface area contributed by atoms with Gasteiger partial charge >= 0.3 is 12.1 Å². The minimum absolute atomic E-state index is 0.288. The van der Waals surface area contributed by atoms with E-state index in [2.05, 4.69) is 35.8 Å². The van der Waals surface area contributed by atoms with Crippen LogP contribution in [0.25, 0.3) is 11.3 Å². The molecule has 2 aromatic heterocycles. The van der Waals surface area contributed by atoms with E-state index in [4.69, 9.17) is 21.1 Å². The Kier molecular flexibility index (Phi) is 9.15. The van der Waals surface area contributed by atoms with Crippen LogP contribution in [-0.2, 0) is 15.9 Å². The molecule has 0 saturated carbocycles. The van der Waals surface area contributed by atoms with Gasteiger partial charge in [-0.25, -0.2) is 14.6 Å². The summed E-state index contributed by atoms with van der Waals surface area (Å²) >= 11 is 6.56. The first-order chi connectivity index (χ1) is 18.7. The second-order valence-corrected chi connectivity index (χ2v) is 10.3. The molecule has 0 radical (unpaired) electrons. The lowest BCUT2D eigenvalue weighted by Crippen LogP contribution is -2.36. The van der Waals surface area contributed by atoms with Gasteiger partial charge in [-0.3, -0.25) is 15.3 Å². The summed E-state index contributed by atoms with van der Waals surface area (Å²) in [5.41, 5.74) is 3.03. The Hall–Kier alpha value is -3.96. The molecule has 1 fully saturated rings. The summed E-state index contributed by atoms with van der Waals surface area (Å²) in [6.07, 6.45) is 4.67. The summed E-state index contributed by atoms with van der Waals surface area (Å²) in [6.45, 7) is 8.72. The van der Waals surface area contributed by atoms with Gasteiger partial charge in [0.05, 0.1) is 53.9 Å². The highest BCUT2D eigenvalue weighted by molar-refractivity contribution is 6.33. The Morgan fingerprint density at radius 1 is 1.08 bits per heavy atom. The van der Waals surface area contributed by atoms with E-state index in [9.17, 15) is 9.59 Å². The summed E-state index contributed by atoms with van der Waals surface area (Å²) in [7, 11) is 0. The number of morpholine rings is 1. The molecule has 3 aromatic rings. The molecule has 3 N–H and O–H groups in total. The van der Waals surface area contributed by atoms with Gasteiger partial charge in [0.15, 0.2) is 5.82 Å². The zero-order chi connectivity index (χ0) is 27.8. The summed E-state index contributed by atoms with van der Waals surface area (Å²) in [5, 5.41) is 8.72. The van der Waals surface area contributed by atoms with Gasteiger partial charge in [-0.05, 0) is 45.0 Å². The van der Waals surface area contributed by atoms with Crippen molar-refractivity contribution in [3.05, 3.63) is 59.6 Å². The third kappa shape index (κ3) is 8.52. The second-order valence-electron chi connectivity index (χ2n) is 9.85. The quantitative estimate of drug-likeness (QED) is 0.382. The summed E-state index contributed by atoms with van der Waals surface area (Å²) in [4.78, 5) is 39.5. The highest BCUT2D eigenvalue weighted by Crippen LogP contribution is 2.31. The maximum absolute atomic E-state index is 12.5. The third-order valence-corrected chi connectivity index (χ3v) is 5.91. The molecule has 3 amide bonds. The normalized spacial score (nSPS) is 13.5. The van der Waals surface area contributed by atoms with Crippen molar-refractivity contribution in [2.45, 2.75) is 32.8 Å². The Morgan fingerprint density at radius 2 is 1.87 bits per heavy atom. The van der Waals surface area contributed by atoms with Crippen LogP contribution in [0.3, 0.4) is 0 Å². The van der Waals surface area contributed by atoms with Gasteiger partial charge in [0, 0.05) is 37.3 Å². The van der Waals surface area contributed by atoms with Crippen molar-refractivity contribution in [1.82, 2.24) is 20.3 Å². The Labute approximate surface area is 232 Å². The van der Waals surface area contributed by atoms with Crippen LogP contribution in [0.5, 0.6) is 0 Å². The number of nitrogens with one attached hydrogen (secondary N) is 3. The first kappa shape index (κ1) is 28.1. The van der Waals surface area contributed by atoms with Crippen molar-refractivity contribution in [3.8, 4) is 11.3 Å². The number of nitrogens with zero attached hydrogens (tertiary/aromatic N) is 4. The molecule has 1 aliphatic rings. The van der Waals surface area contributed by atoms with Gasteiger partial charge in [-0.2, -0.15) is 0 Å². The van der Waals surface area contributed by atoms with Crippen LogP contribution >= 0.6 is 11.6 Å². The van der Waals surface area contributed by atoms with Crippen molar-refractivity contribution >= 4 is 40.9 Å². The standard InChI is InChI=1S/C27H32ClN7O4/c1-27(2,3)39-26(37)30-9-8-19-5-6-20(15-31-19)32-25(36)34-24-17-29-16-22(33-24)18-4-7-23(21(28)14-18)35-10-12-38-13-11-35/h4-7,14-17H,8-13H2,1-3H3,(H,30,37)(H2,32,33,34,36). The zero-order valence-electron chi connectivity index (χ0n) is 22.2. The molecule has 4 rings (SSSR count). The van der Waals surface area contributed by atoms with Crippen molar-refractivity contribution in [2.75, 3.05) is 48.4 Å². The molecule has 0 unspecified atom stereocenters. The number of alkyl carbamates (subject to hydrolysis) is 1. The maximum atomic E-state index is 12.5. The minimum Gasteiger partial charge on any atom is -0.444 e. The summed E-state index contributed by atoms with van der Waals surface area (Å²) in [5.74, 6) is 0.288. The number of aromatic nitrogens is 3. The van der Waals surface area contributed by atoms with E-state index in [0.717, 1.165) is 30.0 Å². The number of hydrogen-bond acceptors (Lipinski definition) is 8. The zero-order valence-corrected chi connectivity index (χ0v) is 22.9. The lowest BCUT2D eigenvalue weighted by molar-refractivity contribution is 0.0528. The largest absolute Gasteiger partial charge is 0.444 e. The average molecular weight is 554 g/mol. The Morgan fingerprint density at radius 3 is 2.56 bits per heavy atom. The van der Waals surface area contributed by atoms with Crippen molar-refractivity contribution in [1.29, 1.82) is 0 Å². The number of anilines is 3. The monoisotopic (exact) mass is 553 g/mol. The van der Waals surface area contributed by atoms with Crippen LogP contribution in [0.2, 0.25) is 5.02 Å². The van der Waals surface area contributed by atoms with Crippen LogP contribution in [0.15, 0.2) is 48.9 Å². The molecule has 0 bridgehead atoms. The molecule has 11 nitrogen and oxygen atoms in total. The van der Waals surface area contributed by atoms with Crippen LogP contribution in [-0.4, -0.2) is 65.5 Å². The van der Waals surface area contributed by atoms with Crippen LogP contribution in [0, 0.1) is 0 Å². The number of halogens is 1. The fourth-order valence-corrected chi connectivity index (χ4v) is 4.12. The van der Waals surface area contributed by atoms with Crippen LogP contribution < -0.4 is 20.9 Å². The number of carbonyl (C=O) groups excluding carboxylic acids is 2. The summed E-state index contributed by atoms with van der Waals surface area (Å²) in [6, 6.07) is 8.76.